The van der Waals surface area contributed by atoms with Crippen molar-refractivity contribution in [2.75, 3.05) is 5.32 Å². The lowest BCUT2D eigenvalue weighted by molar-refractivity contribution is -0.313. The molecule has 1 amide bonds. The minimum atomic E-state index is -1.11. The van der Waals surface area contributed by atoms with Gasteiger partial charge in [0, 0.05) is 18.3 Å². The third-order valence-electron chi connectivity index (χ3n) is 3.08. The number of halogens is 1. The van der Waals surface area contributed by atoms with E-state index in [1.165, 1.54) is 0 Å². The molecule has 1 aromatic rings. The number of carbonyl (C=O) groups excluding carboxylic acids is 2. The highest BCUT2D eigenvalue weighted by molar-refractivity contribution is 6.33. The van der Waals surface area contributed by atoms with Crippen LogP contribution in [0.5, 0.6) is 0 Å². The molecule has 0 aromatic heterocycles. The standard InChI is InChI=1S/C14H18ClNO3/c1-3-10(14(18)19)9(2)8-13(17)16-12-7-5-4-6-11(12)15/h4-7,9-10H,3,8H2,1-2H3,(H,16,17)(H,18,19)/p-1/t9-,10-/m1/s1. The number of para-hydroxylation sites is 1. The van der Waals surface area contributed by atoms with Crippen LogP contribution in [0.3, 0.4) is 0 Å². The molecule has 0 heterocycles. The second kappa shape index (κ2) is 7.14. The number of benzene rings is 1. The summed E-state index contributed by atoms with van der Waals surface area (Å²) in [6, 6.07) is 6.91. The van der Waals surface area contributed by atoms with Gasteiger partial charge in [-0.25, -0.2) is 0 Å². The zero-order chi connectivity index (χ0) is 14.4. The average molecular weight is 283 g/mol. The fourth-order valence-electron chi connectivity index (χ4n) is 2.00. The topological polar surface area (TPSA) is 69.2 Å². The van der Waals surface area contributed by atoms with Crippen LogP contribution in [0.2, 0.25) is 5.02 Å². The van der Waals surface area contributed by atoms with Crippen molar-refractivity contribution < 1.29 is 14.7 Å². The lowest BCUT2D eigenvalue weighted by Crippen LogP contribution is -2.36. The molecular formula is C14H17ClNO3-. The summed E-state index contributed by atoms with van der Waals surface area (Å²) in [4.78, 5) is 22.7. The molecule has 0 spiro atoms. The molecule has 0 saturated heterocycles. The Morgan fingerprint density at radius 1 is 1.37 bits per heavy atom. The van der Waals surface area contributed by atoms with E-state index in [0.29, 0.717) is 17.1 Å². The molecule has 0 saturated carbocycles. The molecule has 4 nitrogen and oxygen atoms in total. The third kappa shape index (κ3) is 4.56. The zero-order valence-corrected chi connectivity index (χ0v) is 11.7. The SMILES string of the molecule is CC[C@@H](C(=O)[O-])[C@H](C)CC(=O)Nc1ccccc1Cl. The van der Waals surface area contributed by atoms with Gasteiger partial charge in [-0.2, -0.15) is 0 Å². The van der Waals surface area contributed by atoms with Gasteiger partial charge in [-0.3, -0.25) is 4.79 Å². The van der Waals surface area contributed by atoms with Gasteiger partial charge in [0.1, 0.15) is 0 Å². The molecule has 0 aliphatic heterocycles. The first kappa shape index (κ1) is 15.5. The van der Waals surface area contributed by atoms with Crippen LogP contribution in [0, 0.1) is 11.8 Å². The molecule has 19 heavy (non-hydrogen) atoms. The lowest BCUT2D eigenvalue weighted by atomic mass is 9.89. The normalized spacial score (nSPS) is 13.6. The summed E-state index contributed by atoms with van der Waals surface area (Å²) in [6.45, 7) is 3.50. The van der Waals surface area contributed by atoms with Crippen LogP contribution in [0.15, 0.2) is 24.3 Å². The first-order valence-corrected chi connectivity index (χ1v) is 6.58. The molecule has 0 radical (unpaired) electrons. The predicted octanol–water partition coefficient (Wildman–Crippen LogP) is 2.08. The van der Waals surface area contributed by atoms with Crippen molar-refractivity contribution in [2.45, 2.75) is 26.7 Å². The van der Waals surface area contributed by atoms with E-state index in [1.807, 2.05) is 0 Å². The van der Waals surface area contributed by atoms with Gasteiger partial charge in [-0.05, 0) is 24.5 Å². The van der Waals surface area contributed by atoms with Gasteiger partial charge in [0.2, 0.25) is 5.91 Å². The average Bonchev–Trinajstić information content (AvgIpc) is 2.32. The number of rotatable bonds is 6. The summed E-state index contributed by atoms with van der Waals surface area (Å²) in [5, 5.41) is 14.0. The molecule has 1 aromatic carbocycles. The number of carboxylic acid groups (broad SMARTS) is 1. The van der Waals surface area contributed by atoms with Crippen LogP contribution in [0.1, 0.15) is 26.7 Å². The number of aliphatic carboxylic acids is 1. The molecule has 2 atom stereocenters. The number of nitrogens with one attached hydrogen (secondary N) is 1. The van der Waals surface area contributed by atoms with Crippen LogP contribution in [0.25, 0.3) is 0 Å². The molecule has 1 N–H and O–H groups in total. The quantitative estimate of drug-likeness (QED) is 0.868. The molecule has 5 heteroatoms. The van der Waals surface area contributed by atoms with Gasteiger partial charge in [0.05, 0.1) is 10.7 Å². The second-order valence-electron chi connectivity index (χ2n) is 4.54. The first-order chi connectivity index (χ1) is 8.95. The van der Waals surface area contributed by atoms with Crippen molar-refractivity contribution >= 4 is 29.2 Å². The maximum Gasteiger partial charge on any atom is 0.224 e. The van der Waals surface area contributed by atoms with Crippen LogP contribution in [-0.4, -0.2) is 11.9 Å². The summed E-state index contributed by atoms with van der Waals surface area (Å²) in [5.41, 5.74) is 0.530. The van der Waals surface area contributed by atoms with Gasteiger partial charge in [-0.15, -0.1) is 0 Å². The molecular weight excluding hydrogens is 266 g/mol. The van der Waals surface area contributed by atoms with Gasteiger partial charge in [0.25, 0.3) is 0 Å². The van der Waals surface area contributed by atoms with Gasteiger partial charge < -0.3 is 15.2 Å². The van der Waals surface area contributed by atoms with E-state index in [0.717, 1.165) is 0 Å². The van der Waals surface area contributed by atoms with E-state index in [9.17, 15) is 14.7 Å². The Hall–Kier alpha value is -1.55. The van der Waals surface area contributed by atoms with Crippen molar-refractivity contribution in [3.05, 3.63) is 29.3 Å². The highest BCUT2D eigenvalue weighted by Gasteiger charge is 2.20. The van der Waals surface area contributed by atoms with Crippen LogP contribution in [-0.2, 0) is 9.59 Å². The summed E-state index contributed by atoms with van der Waals surface area (Å²) < 4.78 is 0. The first-order valence-electron chi connectivity index (χ1n) is 6.21. The molecule has 0 aliphatic carbocycles. The Morgan fingerprint density at radius 2 is 2.00 bits per heavy atom. The Balaban J connectivity index is 2.61. The predicted molar refractivity (Wildman–Crippen MR) is 72.7 cm³/mol. The maximum absolute atomic E-state index is 11.8. The van der Waals surface area contributed by atoms with Gasteiger partial charge in [0.15, 0.2) is 0 Å². The molecule has 0 aliphatic rings. The molecule has 1 rings (SSSR count). The minimum absolute atomic E-state index is 0.123. The third-order valence-corrected chi connectivity index (χ3v) is 3.41. The van der Waals surface area contributed by atoms with Crippen molar-refractivity contribution in [1.29, 1.82) is 0 Å². The van der Waals surface area contributed by atoms with Gasteiger partial charge in [-0.1, -0.05) is 37.6 Å². The maximum atomic E-state index is 11.8. The highest BCUT2D eigenvalue weighted by Crippen LogP contribution is 2.23. The van der Waals surface area contributed by atoms with Crippen molar-refractivity contribution in [1.82, 2.24) is 0 Å². The Bertz CT molecular complexity index is 462. The van der Waals surface area contributed by atoms with E-state index in [2.05, 4.69) is 5.32 Å². The van der Waals surface area contributed by atoms with Crippen molar-refractivity contribution in [3.8, 4) is 0 Å². The number of carboxylic acids is 1. The Kier molecular flexibility index (Phi) is 5.83. The fourth-order valence-corrected chi connectivity index (χ4v) is 2.18. The largest absolute Gasteiger partial charge is 0.550 e. The highest BCUT2D eigenvalue weighted by atomic mass is 35.5. The number of amides is 1. The van der Waals surface area contributed by atoms with E-state index in [1.54, 1.807) is 38.1 Å². The zero-order valence-electron chi connectivity index (χ0n) is 11.0. The molecule has 104 valence electrons. The summed E-state index contributed by atoms with van der Waals surface area (Å²) in [6.07, 6.45) is 0.570. The van der Waals surface area contributed by atoms with Crippen LogP contribution < -0.4 is 10.4 Å². The Morgan fingerprint density at radius 3 is 2.53 bits per heavy atom. The fraction of sp³-hybridized carbons (Fsp3) is 0.429. The lowest BCUT2D eigenvalue weighted by Gasteiger charge is -2.23. The monoisotopic (exact) mass is 282 g/mol. The minimum Gasteiger partial charge on any atom is -0.550 e. The summed E-state index contributed by atoms with van der Waals surface area (Å²) in [5.74, 6) is -2.25. The van der Waals surface area contributed by atoms with Gasteiger partial charge >= 0.3 is 0 Å². The molecule has 0 bridgehead atoms. The summed E-state index contributed by atoms with van der Waals surface area (Å²) >= 11 is 5.93. The van der Waals surface area contributed by atoms with E-state index < -0.39 is 11.9 Å². The molecule has 0 unspecified atom stereocenters. The van der Waals surface area contributed by atoms with Crippen LogP contribution in [0.4, 0.5) is 5.69 Å². The number of anilines is 1. The second-order valence-corrected chi connectivity index (χ2v) is 4.95. The summed E-state index contributed by atoms with van der Waals surface area (Å²) in [7, 11) is 0. The van der Waals surface area contributed by atoms with E-state index in [4.69, 9.17) is 11.6 Å². The number of hydrogen-bond acceptors (Lipinski definition) is 3. The number of carbonyl (C=O) groups is 2. The number of hydrogen-bond donors (Lipinski definition) is 1. The molecule has 0 fully saturated rings. The Labute approximate surface area is 117 Å². The van der Waals surface area contributed by atoms with Crippen molar-refractivity contribution in [2.24, 2.45) is 11.8 Å². The smallest absolute Gasteiger partial charge is 0.224 e. The van der Waals surface area contributed by atoms with E-state index in [-0.39, 0.29) is 18.2 Å². The van der Waals surface area contributed by atoms with Crippen LogP contribution >= 0.6 is 11.6 Å². The van der Waals surface area contributed by atoms with Crippen molar-refractivity contribution in [3.63, 3.8) is 0 Å². The van der Waals surface area contributed by atoms with E-state index >= 15 is 0 Å².